The molecule has 0 fully saturated rings. The van der Waals surface area contributed by atoms with E-state index < -0.39 is 23.8 Å². The second-order valence-corrected chi connectivity index (χ2v) is 9.15. The summed E-state index contributed by atoms with van der Waals surface area (Å²) in [6.07, 6.45) is 0.489. The summed E-state index contributed by atoms with van der Waals surface area (Å²) >= 11 is 0. The van der Waals surface area contributed by atoms with Gasteiger partial charge in [0.05, 0.1) is 19.3 Å². The smallest absolute Gasteiger partial charge is 0.336 e. The number of methoxy groups -OCH3 is 2. The highest BCUT2D eigenvalue weighted by Crippen LogP contribution is 2.45. The number of allylic oxidation sites excluding steroid dienone is 3. The molecule has 4 rings (SSSR count). The number of carbonyl (C=O) groups excluding carboxylic acids is 3. The SMILES string of the molecule is COCCOC(=O)C1=C(C)NC2=C(C(=O)[C@H](C(=O)OC)[C@H](C)C2)[C@@H]1c1ccc(-c2ccccc2)cc1. The third kappa shape index (κ3) is 4.84. The van der Waals surface area contributed by atoms with E-state index in [0.717, 1.165) is 22.4 Å². The minimum atomic E-state index is -0.925. The molecule has 7 heteroatoms. The van der Waals surface area contributed by atoms with Gasteiger partial charge < -0.3 is 19.5 Å². The van der Waals surface area contributed by atoms with Crippen molar-refractivity contribution >= 4 is 17.7 Å². The van der Waals surface area contributed by atoms with E-state index >= 15 is 0 Å². The van der Waals surface area contributed by atoms with Crippen molar-refractivity contribution in [1.82, 2.24) is 5.32 Å². The lowest BCUT2D eigenvalue weighted by Gasteiger charge is -2.38. The molecule has 0 spiro atoms. The monoisotopic (exact) mass is 489 g/mol. The molecule has 0 unspecified atom stereocenters. The Morgan fingerprint density at radius 2 is 1.64 bits per heavy atom. The van der Waals surface area contributed by atoms with E-state index in [4.69, 9.17) is 14.2 Å². The minimum Gasteiger partial charge on any atom is -0.468 e. The number of esters is 2. The maximum Gasteiger partial charge on any atom is 0.336 e. The van der Waals surface area contributed by atoms with E-state index in [9.17, 15) is 14.4 Å². The highest BCUT2D eigenvalue weighted by atomic mass is 16.6. The van der Waals surface area contributed by atoms with Gasteiger partial charge in [-0.05, 0) is 36.0 Å². The zero-order chi connectivity index (χ0) is 25.8. The summed E-state index contributed by atoms with van der Waals surface area (Å²) in [6.45, 7) is 4.02. The lowest BCUT2D eigenvalue weighted by atomic mass is 9.69. The Labute approximate surface area is 211 Å². The fraction of sp³-hybridized carbons (Fsp3) is 0.345. The van der Waals surface area contributed by atoms with Crippen molar-refractivity contribution in [2.45, 2.75) is 26.2 Å². The van der Waals surface area contributed by atoms with Crippen molar-refractivity contribution in [3.8, 4) is 11.1 Å². The van der Waals surface area contributed by atoms with E-state index in [1.54, 1.807) is 0 Å². The van der Waals surface area contributed by atoms with Crippen molar-refractivity contribution in [2.24, 2.45) is 11.8 Å². The molecule has 188 valence electrons. The van der Waals surface area contributed by atoms with E-state index in [1.165, 1.54) is 14.2 Å². The first-order valence-electron chi connectivity index (χ1n) is 12.0. The summed E-state index contributed by atoms with van der Waals surface area (Å²) in [6, 6.07) is 17.8. The first-order valence-corrected chi connectivity index (χ1v) is 12.0. The van der Waals surface area contributed by atoms with Crippen LogP contribution < -0.4 is 5.32 Å². The van der Waals surface area contributed by atoms with Gasteiger partial charge in [0.25, 0.3) is 0 Å². The van der Waals surface area contributed by atoms with Gasteiger partial charge in [0.2, 0.25) is 0 Å². The predicted molar refractivity (Wildman–Crippen MR) is 135 cm³/mol. The third-order valence-corrected chi connectivity index (χ3v) is 6.83. The third-order valence-electron chi connectivity index (χ3n) is 6.83. The number of nitrogens with one attached hydrogen (secondary N) is 1. The summed E-state index contributed by atoms with van der Waals surface area (Å²) in [5, 5.41) is 3.27. The number of rotatable bonds is 7. The quantitative estimate of drug-likeness (QED) is 0.355. The fourth-order valence-corrected chi connectivity index (χ4v) is 5.08. The molecule has 1 aliphatic carbocycles. The summed E-state index contributed by atoms with van der Waals surface area (Å²) in [4.78, 5) is 39.6. The Hall–Kier alpha value is -3.71. The van der Waals surface area contributed by atoms with Crippen LogP contribution in [0.15, 0.2) is 77.1 Å². The van der Waals surface area contributed by atoms with E-state index in [0.29, 0.717) is 23.3 Å². The normalized spacial score (nSPS) is 21.6. The topological polar surface area (TPSA) is 90.9 Å². The van der Waals surface area contributed by atoms with E-state index in [-0.39, 0.29) is 24.9 Å². The van der Waals surface area contributed by atoms with Crippen LogP contribution >= 0.6 is 0 Å². The standard InChI is InChI=1S/C29H31NO6/c1-17-16-22-26(27(31)23(17)28(32)35-4)25(24(18(2)30-22)29(33)36-15-14-34-3)21-12-10-20(11-13-21)19-8-6-5-7-9-19/h5-13,17,23,25,30H,14-16H2,1-4H3/t17-,23-,25-/m1/s1. The molecular formula is C29H31NO6. The summed E-state index contributed by atoms with van der Waals surface area (Å²) in [5.74, 6) is -3.25. The van der Waals surface area contributed by atoms with Crippen LogP contribution in [0.25, 0.3) is 11.1 Å². The molecule has 2 aromatic carbocycles. The number of ketones is 1. The Morgan fingerprint density at radius 3 is 2.28 bits per heavy atom. The van der Waals surface area contributed by atoms with Gasteiger partial charge in [0.15, 0.2) is 5.78 Å². The van der Waals surface area contributed by atoms with Crippen LogP contribution in [-0.4, -0.2) is 45.2 Å². The van der Waals surface area contributed by atoms with E-state index in [2.05, 4.69) is 5.32 Å². The van der Waals surface area contributed by atoms with Crippen molar-refractivity contribution in [3.63, 3.8) is 0 Å². The predicted octanol–water partition coefficient (Wildman–Crippen LogP) is 4.16. The van der Waals surface area contributed by atoms with Crippen LogP contribution in [0.5, 0.6) is 0 Å². The molecule has 1 heterocycles. The van der Waals surface area contributed by atoms with Crippen LogP contribution in [0.1, 0.15) is 31.7 Å². The summed E-state index contributed by atoms with van der Waals surface area (Å²) in [5.41, 5.74) is 4.98. The number of benzene rings is 2. The van der Waals surface area contributed by atoms with Crippen LogP contribution in [0.3, 0.4) is 0 Å². The molecule has 2 aromatic rings. The lowest BCUT2D eigenvalue weighted by molar-refractivity contribution is -0.151. The maximum absolute atomic E-state index is 13.8. The van der Waals surface area contributed by atoms with Gasteiger partial charge in [-0.25, -0.2) is 4.79 Å². The molecule has 1 N–H and O–H groups in total. The molecule has 2 aliphatic rings. The molecule has 36 heavy (non-hydrogen) atoms. The number of dihydropyridines is 1. The highest BCUT2D eigenvalue weighted by Gasteiger charge is 2.47. The highest BCUT2D eigenvalue weighted by molar-refractivity contribution is 6.12. The number of hydrogen-bond donors (Lipinski definition) is 1. The van der Waals surface area contributed by atoms with Gasteiger partial charge >= 0.3 is 11.9 Å². The lowest BCUT2D eigenvalue weighted by Crippen LogP contribution is -2.43. The van der Waals surface area contributed by atoms with Crippen LogP contribution in [0, 0.1) is 11.8 Å². The number of hydrogen-bond acceptors (Lipinski definition) is 7. The zero-order valence-electron chi connectivity index (χ0n) is 21.0. The van der Waals surface area contributed by atoms with Gasteiger partial charge in [-0.15, -0.1) is 0 Å². The van der Waals surface area contributed by atoms with Crippen LogP contribution in [0.4, 0.5) is 0 Å². The van der Waals surface area contributed by atoms with E-state index in [1.807, 2.05) is 68.4 Å². The number of Topliss-reactive ketones (excluding diaryl/α,β-unsaturated/α-hetero) is 1. The second kappa shape index (κ2) is 10.9. The molecule has 7 nitrogen and oxygen atoms in total. The van der Waals surface area contributed by atoms with Crippen molar-refractivity contribution in [1.29, 1.82) is 0 Å². The molecule has 0 aromatic heterocycles. The first-order chi connectivity index (χ1) is 17.4. The van der Waals surface area contributed by atoms with Crippen molar-refractivity contribution < 1.29 is 28.6 Å². The first kappa shape index (κ1) is 25.4. The largest absolute Gasteiger partial charge is 0.468 e. The second-order valence-electron chi connectivity index (χ2n) is 9.15. The zero-order valence-corrected chi connectivity index (χ0v) is 21.0. The van der Waals surface area contributed by atoms with Gasteiger partial charge in [0.1, 0.15) is 12.5 Å². The summed E-state index contributed by atoms with van der Waals surface area (Å²) in [7, 11) is 2.82. The van der Waals surface area contributed by atoms with Gasteiger partial charge in [0, 0.05) is 30.0 Å². The summed E-state index contributed by atoms with van der Waals surface area (Å²) < 4.78 is 15.5. The average molecular weight is 490 g/mol. The average Bonchev–Trinajstić information content (AvgIpc) is 2.88. The Kier molecular flexibility index (Phi) is 7.70. The fourth-order valence-electron chi connectivity index (χ4n) is 5.08. The van der Waals surface area contributed by atoms with Gasteiger partial charge in [-0.2, -0.15) is 0 Å². The molecule has 1 aliphatic heterocycles. The Bertz CT molecular complexity index is 1210. The Balaban J connectivity index is 1.80. The molecule has 0 bridgehead atoms. The van der Waals surface area contributed by atoms with Crippen molar-refractivity contribution in [3.05, 3.63) is 82.7 Å². The van der Waals surface area contributed by atoms with Gasteiger partial charge in [-0.1, -0.05) is 61.5 Å². The van der Waals surface area contributed by atoms with Crippen LogP contribution in [-0.2, 0) is 28.6 Å². The number of ether oxygens (including phenoxy) is 3. The molecule has 0 saturated carbocycles. The van der Waals surface area contributed by atoms with Crippen LogP contribution in [0.2, 0.25) is 0 Å². The molecule has 3 atom stereocenters. The maximum atomic E-state index is 13.8. The molecule has 0 radical (unpaired) electrons. The Morgan fingerprint density at radius 1 is 0.972 bits per heavy atom. The van der Waals surface area contributed by atoms with Gasteiger partial charge in [-0.3, -0.25) is 9.59 Å². The minimum absolute atomic E-state index is 0.0907. The molecule has 0 saturated heterocycles. The molecular weight excluding hydrogens is 458 g/mol. The number of carbonyl (C=O) groups is 3. The van der Waals surface area contributed by atoms with Crippen molar-refractivity contribution in [2.75, 3.05) is 27.4 Å². The molecule has 0 amide bonds.